The largest absolute Gasteiger partial charge is 0.462 e. The molecule has 0 aliphatic carbocycles. The Morgan fingerprint density at radius 2 is 0.487 bits per heavy atom. The quantitative estimate of drug-likeness (QED) is 0.0261. The van der Waals surface area contributed by atoms with Gasteiger partial charge in [-0.25, -0.2) is 0 Å². The minimum absolute atomic E-state index is 0.0887. The second-order valence-corrected chi connectivity index (χ2v) is 23.1. The lowest BCUT2D eigenvalue weighted by atomic mass is 10.0. The first-order chi connectivity index (χ1) is 39.5. The van der Waals surface area contributed by atoms with E-state index in [0.29, 0.717) is 19.3 Å². The van der Waals surface area contributed by atoms with Gasteiger partial charge in [0.05, 0.1) is 0 Å². The van der Waals surface area contributed by atoms with Gasteiger partial charge in [0.1, 0.15) is 13.2 Å². The van der Waals surface area contributed by atoms with Crippen LogP contribution < -0.4 is 0 Å². The molecule has 6 nitrogen and oxygen atoms in total. The molecule has 0 N–H and O–H groups in total. The fourth-order valence-electron chi connectivity index (χ4n) is 9.97. The van der Waals surface area contributed by atoms with Gasteiger partial charge in [-0.05, 0) is 96.3 Å². The van der Waals surface area contributed by atoms with Crippen LogP contribution in [-0.2, 0) is 28.6 Å². The number of carbonyl (C=O) groups excluding carboxylic acids is 3. The van der Waals surface area contributed by atoms with E-state index in [0.717, 1.165) is 89.9 Å². The van der Waals surface area contributed by atoms with E-state index >= 15 is 0 Å². The highest BCUT2D eigenvalue weighted by atomic mass is 16.6. The zero-order valence-electron chi connectivity index (χ0n) is 53.1. The normalized spacial score (nSPS) is 12.6. The summed E-state index contributed by atoms with van der Waals surface area (Å²) in [6.45, 7) is 6.52. The third kappa shape index (κ3) is 65.4. The molecule has 0 heterocycles. The maximum absolute atomic E-state index is 12.9. The first-order valence-electron chi connectivity index (χ1n) is 34.6. The highest BCUT2D eigenvalue weighted by molar-refractivity contribution is 5.71. The Morgan fingerprint density at radius 3 is 0.787 bits per heavy atom. The molecule has 0 rings (SSSR count). The van der Waals surface area contributed by atoms with E-state index in [9.17, 15) is 14.4 Å². The maximum atomic E-state index is 12.9. The van der Waals surface area contributed by atoms with Crippen LogP contribution >= 0.6 is 0 Å². The van der Waals surface area contributed by atoms with Crippen LogP contribution in [0, 0.1) is 0 Å². The predicted octanol–water partition coefficient (Wildman–Crippen LogP) is 23.8. The molecule has 0 aromatic heterocycles. The zero-order chi connectivity index (χ0) is 57.8. The van der Waals surface area contributed by atoms with Gasteiger partial charge in [-0.3, -0.25) is 14.4 Å². The summed E-state index contributed by atoms with van der Waals surface area (Å²) in [6.07, 6.45) is 90.5. The van der Waals surface area contributed by atoms with E-state index in [2.05, 4.69) is 106 Å². The fraction of sp³-hybridized carbons (Fsp3) is 0.770. The summed E-state index contributed by atoms with van der Waals surface area (Å²) in [5.41, 5.74) is 0. The number of allylic oxidation sites excluding steroid dienone is 14. The summed E-state index contributed by atoms with van der Waals surface area (Å²) in [6, 6.07) is 0. The number of carbonyl (C=O) groups is 3. The van der Waals surface area contributed by atoms with E-state index in [1.165, 1.54) is 212 Å². The zero-order valence-corrected chi connectivity index (χ0v) is 53.1. The number of unbranched alkanes of at least 4 members (excludes halogenated alkanes) is 38. The van der Waals surface area contributed by atoms with Crippen LogP contribution in [0.4, 0.5) is 0 Å². The van der Waals surface area contributed by atoms with Crippen molar-refractivity contribution >= 4 is 17.9 Å². The molecule has 0 aromatic carbocycles. The Hall–Kier alpha value is -3.41. The lowest BCUT2D eigenvalue weighted by Gasteiger charge is -2.18. The maximum Gasteiger partial charge on any atom is 0.306 e. The van der Waals surface area contributed by atoms with Gasteiger partial charge in [-0.15, -0.1) is 0 Å². The van der Waals surface area contributed by atoms with Crippen LogP contribution in [0.3, 0.4) is 0 Å². The van der Waals surface area contributed by atoms with Gasteiger partial charge in [-0.2, -0.15) is 0 Å². The Balaban J connectivity index is 4.17. The molecule has 1 unspecified atom stereocenters. The van der Waals surface area contributed by atoms with Gasteiger partial charge in [0.15, 0.2) is 6.10 Å². The van der Waals surface area contributed by atoms with Crippen molar-refractivity contribution in [1.29, 1.82) is 0 Å². The average molecular weight is 1120 g/mol. The van der Waals surface area contributed by atoms with Crippen LogP contribution in [-0.4, -0.2) is 37.2 Å². The van der Waals surface area contributed by atoms with E-state index in [-0.39, 0.29) is 37.5 Å². The van der Waals surface area contributed by atoms with Crippen LogP contribution in [0.5, 0.6) is 0 Å². The highest BCUT2D eigenvalue weighted by Crippen LogP contribution is 2.17. The summed E-state index contributed by atoms with van der Waals surface area (Å²) in [7, 11) is 0. The molecular weight excluding hydrogens is 985 g/mol. The van der Waals surface area contributed by atoms with Gasteiger partial charge < -0.3 is 14.2 Å². The van der Waals surface area contributed by atoms with Gasteiger partial charge >= 0.3 is 17.9 Å². The molecule has 0 saturated carbocycles. The minimum Gasteiger partial charge on any atom is -0.462 e. The third-order valence-corrected chi connectivity index (χ3v) is 15.1. The first kappa shape index (κ1) is 76.6. The summed E-state index contributed by atoms with van der Waals surface area (Å²) in [4.78, 5) is 38.3. The minimum atomic E-state index is -0.796. The molecule has 80 heavy (non-hydrogen) atoms. The van der Waals surface area contributed by atoms with E-state index in [1.54, 1.807) is 0 Å². The van der Waals surface area contributed by atoms with Gasteiger partial charge in [0, 0.05) is 19.3 Å². The summed E-state index contributed by atoms with van der Waals surface area (Å²) in [5, 5.41) is 0. The Kier molecular flexibility index (Phi) is 65.2. The average Bonchev–Trinajstić information content (AvgIpc) is 3.46. The van der Waals surface area contributed by atoms with Crippen molar-refractivity contribution < 1.29 is 28.6 Å². The molecule has 0 spiro atoms. The number of ether oxygens (including phenoxy) is 3. The third-order valence-electron chi connectivity index (χ3n) is 15.1. The monoisotopic (exact) mass is 1110 g/mol. The van der Waals surface area contributed by atoms with Crippen molar-refractivity contribution in [1.82, 2.24) is 0 Å². The fourth-order valence-corrected chi connectivity index (χ4v) is 9.97. The lowest BCUT2D eigenvalue weighted by Crippen LogP contribution is -2.30. The van der Waals surface area contributed by atoms with Crippen molar-refractivity contribution in [3.05, 3.63) is 85.1 Å². The van der Waals surface area contributed by atoms with Gasteiger partial charge in [0.25, 0.3) is 0 Å². The molecule has 0 fully saturated rings. The molecule has 0 amide bonds. The predicted molar refractivity (Wildman–Crippen MR) is 348 cm³/mol. The second-order valence-electron chi connectivity index (χ2n) is 23.1. The Bertz CT molecular complexity index is 1520. The van der Waals surface area contributed by atoms with Crippen molar-refractivity contribution in [2.24, 2.45) is 0 Å². The topological polar surface area (TPSA) is 78.9 Å². The molecule has 462 valence electrons. The molecule has 0 aromatic rings. The van der Waals surface area contributed by atoms with E-state index in [1.807, 2.05) is 0 Å². The van der Waals surface area contributed by atoms with Crippen LogP contribution in [0.25, 0.3) is 0 Å². The van der Waals surface area contributed by atoms with Gasteiger partial charge in [-0.1, -0.05) is 318 Å². The molecule has 0 aliphatic heterocycles. The summed E-state index contributed by atoms with van der Waals surface area (Å²) < 4.78 is 16.9. The van der Waals surface area contributed by atoms with Gasteiger partial charge in [0.2, 0.25) is 0 Å². The molecule has 0 aliphatic rings. The molecule has 6 heteroatoms. The van der Waals surface area contributed by atoms with Crippen molar-refractivity contribution in [3.8, 4) is 0 Å². The smallest absolute Gasteiger partial charge is 0.306 e. The van der Waals surface area contributed by atoms with Crippen LogP contribution in [0.2, 0.25) is 0 Å². The number of hydrogen-bond donors (Lipinski definition) is 0. The second kappa shape index (κ2) is 68.1. The molecular formula is C74H130O6. The first-order valence-corrected chi connectivity index (χ1v) is 34.6. The Labute approximate surface area is 496 Å². The Morgan fingerprint density at radius 1 is 0.263 bits per heavy atom. The number of hydrogen-bond acceptors (Lipinski definition) is 6. The van der Waals surface area contributed by atoms with Crippen LogP contribution in [0.1, 0.15) is 348 Å². The van der Waals surface area contributed by atoms with E-state index < -0.39 is 6.10 Å². The standard InChI is InChI=1S/C74H130O6/c1-4-7-10-13-16-19-22-25-28-29-30-31-32-33-34-35-36-37-38-39-40-41-42-43-44-45-47-49-52-55-58-61-64-67-73(76)79-70-71(69-78-72(75)66-63-60-57-54-51-48-27-24-21-18-15-12-9-6-3)80-74(77)68-65-62-59-56-53-50-46-26-23-20-17-14-11-8-5-2/h8,11,17,20,22,25-26,29-30,32-33,46,53,56,71H,4-7,9-10,12-16,18-19,21,23-24,27-28,31,34-45,47-52,54-55,57-70H2,1-3H3/b11-8-,20-17-,25-22-,30-29-,33-32-,46-26-,56-53-. The summed E-state index contributed by atoms with van der Waals surface area (Å²) >= 11 is 0. The molecule has 0 saturated heterocycles. The van der Waals surface area contributed by atoms with E-state index in [4.69, 9.17) is 14.2 Å². The SMILES string of the molecule is CC/C=C\C/C=C\C/C=C\C/C=C\CCCCC(=O)OC(COC(=O)CCCCCCCCCCCCCCCC)COC(=O)CCCCCCCCCCCCCCCCCCCC/C=C\C/C=C\C/C=C\CCCCCCC. The highest BCUT2D eigenvalue weighted by Gasteiger charge is 2.19. The summed E-state index contributed by atoms with van der Waals surface area (Å²) in [5.74, 6) is -0.914. The van der Waals surface area contributed by atoms with Crippen molar-refractivity contribution in [3.63, 3.8) is 0 Å². The van der Waals surface area contributed by atoms with Crippen molar-refractivity contribution in [2.75, 3.05) is 13.2 Å². The van der Waals surface area contributed by atoms with Crippen molar-refractivity contribution in [2.45, 2.75) is 354 Å². The van der Waals surface area contributed by atoms with Crippen LogP contribution in [0.15, 0.2) is 85.1 Å². The number of esters is 3. The molecule has 1 atom stereocenters. The molecule has 0 bridgehead atoms. The lowest BCUT2D eigenvalue weighted by molar-refractivity contribution is -0.167. The number of rotatable bonds is 63. The molecule has 0 radical (unpaired) electrons.